The molecule has 1 N–H and O–H groups in total. The van der Waals surface area contributed by atoms with E-state index in [0.717, 1.165) is 23.7 Å². The Morgan fingerprint density at radius 1 is 1.55 bits per heavy atom. The zero-order valence-electron chi connectivity index (χ0n) is 11.4. The maximum absolute atomic E-state index is 12.8. The first-order valence-electron chi connectivity index (χ1n) is 6.96. The van der Waals surface area contributed by atoms with Gasteiger partial charge in [0.1, 0.15) is 5.82 Å². The number of fused-ring (bicyclic) bond motifs is 1. The molecular formula is C14H18BrN3O2. The third kappa shape index (κ3) is 2.42. The molecule has 0 spiro atoms. The average Bonchev–Trinajstić information content (AvgIpc) is 2.94. The Kier molecular flexibility index (Phi) is 3.94. The molecule has 2 heterocycles. The van der Waals surface area contributed by atoms with E-state index in [-0.39, 0.29) is 18.1 Å². The molecule has 1 amide bonds. The molecule has 2 atom stereocenters. The minimum Gasteiger partial charge on any atom is -0.374 e. The molecule has 0 bridgehead atoms. The number of rotatable bonds is 2. The van der Waals surface area contributed by atoms with Crippen LogP contribution < -0.4 is 5.32 Å². The van der Waals surface area contributed by atoms with Crippen LogP contribution in [0.1, 0.15) is 29.6 Å². The van der Waals surface area contributed by atoms with Crippen molar-refractivity contribution in [3.63, 3.8) is 0 Å². The van der Waals surface area contributed by atoms with E-state index in [1.54, 1.807) is 13.2 Å². The zero-order chi connectivity index (χ0) is 14.1. The topological polar surface area (TPSA) is 54.5 Å². The molecule has 2 aliphatic rings. The maximum atomic E-state index is 12.8. The van der Waals surface area contributed by atoms with Crippen molar-refractivity contribution in [3.8, 4) is 0 Å². The van der Waals surface area contributed by atoms with Crippen molar-refractivity contribution in [3.05, 3.63) is 22.3 Å². The quantitative estimate of drug-likeness (QED) is 0.898. The van der Waals surface area contributed by atoms with Crippen LogP contribution >= 0.6 is 15.9 Å². The van der Waals surface area contributed by atoms with Gasteiger partial charge in [-0.15, -0.1) is 0 Å². The van der Waals surface area contributed by atoms with Gasteiger partial charge in [0.15, 0.2) is 0 Å². The van der Waals surface area contributed by atoms with Gasteiger partial charge in [-0.1, -0.05) is 0 Å². The normalized spacial score (nSPS) is 25.4. The molecule has 1 aliphatic carbocycles. The zero-order valence-corrected chi connectivity index (χ0v) is 13.0. The SMILES string of the molecule is CNc1ncc(Br)cc1C(=O)N1CCOC2CCCC21. The van der Waals surface area contributed by atoms with E-state index in [0.29, 0.717) is 24.5 Å². The number of carbonyl (C=O) groups is 1. The minimum atomic E-state index is 0.0448. The Morgan fingerprint density at radius 3 is 3.20 bits per heavy atom. The number of halogens is 1. The predicted octanol–water partition coefficient (Wildman–Crippen LogP) is 2.28. The molecule has 1 aromatic heterocycles. The van der Waals surface area contributed by atoms with Crippen molar-refractivity contribution < 1.29 is 9.53 Å². The molecule has 1 aliphatic heterocycles. The first-order chi connectivity index (χ1) is 9.70. The number of aromatic nitrogens is 1. The fourth-order valence-electron chi connectivity index (χ4n) is 3.13. The number of morpholine rings is 1. The van der Waals surface area contributed by atoms with Crippen LogP contribution in [0.25, 0.3) is 0 Å². The third-order valence-corrected chi connectivity index (χ3v) is 4.50. The Balaban J connectivity index is 1.90. The highest BCUT2D eigenvalue weighted by atomic mass is 79.9. The molecule has 1 aromatic rings. The summed E-state index contributed by atoms with van der Waals surface area (Å²) in [6, 6.07) is 2.06. The fourth-order valence-corrected chi connectivity index (χ4v) is 3.47. The molecule has 1 saturated carbocycles. The lowest BCUT2D eigenvalue weighted by atomic mass is 10.1. The van der Waals surface area contributed by atoms with E-state index in [1.807, 2.05) is 11.0 Å². The van der Waals surface area contributed by atoms with E-state index in [2.05, 4.69) is 26.2 Å². The number of nitrogens with zero attached hydrogens (tertiary/aromatic N) is 2. The van der Waals surface area contributed by atoms with Gasteiger partial charge in [-0.25, -0.2) is 4.98 Å². The summed E-state index contributed by atoms with van der Waals surface area (Å²) in [5.41, 5.74) is 0.620. The Morgan fingerprint density at radius 2 is 2.40 bits per heavy atom. The number of amides is 1. The fraction of sp³-hybridized carbons (Fsp3) is 0.571. The molecule has 108 valence electrons. The lowest BCUT2D eigenvalue weighted by Gasteiger charge is -2.37. The van der Waals surface area contributed by atoms with Gasteiger partial charge in [0.05, 0.1) is 24.3 Å². The highest BCUT2D eigenvalue weighted by Gasteiger charge is 2.39. The summed E-state index contributed by atoms with van der Waals surface area (Å²) in [5, 5.41) is 2.99. The Hall–Kier alpha value is -1.14. The van der Waals surface area contributed by atoms with Gasteiger partial charge in [0, 0.05) is 24.3 Å². The van der Waals surface area contributed by atoms with Gasteiger partial charge in [0.25, 0.3) is 5.91 Å². The summed E-state index contributed by atoms with van der Waals surface area (Å²) >= 11 is 3.39. The van der Waals surface area contributed by atoms with Crippen molar-refractivity contribution in [1.29, 1.82) is 0 Å². The summed E-state index contributed by atoms with van der Waals surface area (Å²) in [4.78, 5) is 19.1. The van der Waals surface area contributed by atoms with Gasteiger partial charge < -0.3 is 15.0 Å². The third-order valence-electron chi connectivity index (χ3n) is 4.06. The second kappa shape index (κ2) is 5.69. The average molecular weight is 340 g/mol. The smallest absolute Gasteiger partial charge is 0.258 e. The molecule has 3 rings (SSSR count). The van der Waals surface area contributed by atoms with E-state index >= 15 is 0 Å². The van der Waals surface area contributed by atoms with Crippen LogP contribution in [-0.4, -0.2) is 48.1 Å². The molecule has 5 nitrogen and oxygen atoms in total. The lowest BCUT2D eigenvalue weighted by Crippen LogP contribution is -2.51. The van der Waals surface area contributed by atoms with Crippen molar-refractivity contribution in [1.82, 2.24) is 9.88 Å². The molecule has 1 saturated heterocycles. The summed E-state index contributed by atoms with van der Waals surface area (Å²) in [6.07, 6.45) is 5.14. The van der Waals surface area contributed by atoms with Crippen molar-refractivity contribution in [2.45, 2.75) is 31.4 Å². The van der Waals surface area contributed by atoms with Crippen LogP contribution in [0.15, 0.2) is 16.7 Å². The molecule has 20 heavy (non-hydrogen) atoms. The number of carbonyl (C=O) groups excluding carboxylic acids is 1. The van der Waals surface area contributed by atoms with Crippen molar-refractivity contribution >= 4 is 27.7 Å². The summed E-state index contributed by atoms with van der Waals surface area (Å²) in [6.45, 7) is 1.29. The molecule has 2 unspecified atom stereocenters. The van der Waals surface area contributed by atoms with Gasteiger partial charge in [-0.2, -0.15) is 0 Å². The molecule has 0 radical (unpaired) electrons. The van der Waals surface area contributed by atoms with Gasteiger partial charge >= 0.3 is 0 Å². The van der Waals surface area contributed by atoms with Crippen LogP contribution in [0.5, 0.6) is 0 Å². The minimum absolute atomic E-state index is 0.0448. The Bertz CT molecular complexity index is 523. The molecule has 0 aromatic carbocycles. The summed E-state index contributed by atoms with van der Waals surface area (Å²) in [7, 11) is 1.78. The number of nitrogens with one attached hydrogen (secondary N) is 1. The molecular weight excluding hydrogens is 322 g/mol. The highest BCUT2D eigenvalue weighted by molar-refractivity contribution is 9.10. The van der Waals surface area contributed by atoms with Crippen LogP contribution in [0.3, 0.4) is 0 Å². The van der Waals surface area contributed by atoms with E-state index in [9.17, 15) is 4.79 Å². The van der Waals surface area contributed by atoms with E-state index in [1.165, 1.54) is 0 Å². The first-order valence-corrected chi connectivity index (χ1v) is 7.76. The monoisotopic (exact) mass is 339 g/mol. The lowest BCUT2D eigenvalue weighted by molar-refractivity contribution is -0.0445. The number of hydrogen-bond acceptors (Lipinski definition) is 4. The van der Waals surface area contributed by atoms with Crippen LogP contribution in [0.2, 0.25) is 0 Å². The van der Waals surface area contributed by atoms with Crippen LogP contribution in [0, 0.1) is 0 Å². The Labute approximate surface area is 126 Å². The predicted molar refractivity (Wildman–Crippen MR) is 79.9 cm³/mol. The second-order valence-corrected chi connectivity index (χ2v) is 6.12. The van der Waals surface area contributed by atoms with Crippen molar-refractivity contribution in [2.75, 3.05) is 25.5 Å². The van der Waals surface area contributed by atoms with Crippen LogP contribution in [0.4, 0.5) is 5.82 Å². The maximum Gasteiger partial charge on any atom is 0.258 e. The van der Waals surface area contributed by atoms with Gasteiger partial charge in [-0.3, -0.25) is 4.79 Å². The summed E-state index contributed by atoms with van der Waals surface area (Å²) in [5.74, 6) is 0.669. The second-order valence-electron chi connectivity index (χ2n) is 5.21. The number of pyridine rings is 1. The standard InChI is InChI=1S/C14H18BrN3O2/c1-16-13-10(7-9(15)8-17-13)14(19)18-5-6-20-12-4-2-3-11(12)18/h7-8,11-12H,2-6H2,1H3,(H,16,17). The van der Waals surface area contributed by atoms with Gasteiger partial charge in [-0.05, 0) is 41.3 Å². The van der Waals surface area contributed by atoms with Crippen molar-refractivity contribution in [2.24, 2.45) is 0 Å². The largest absolute Gasteiger partial charge is 0.374 e. The molecule has 6 heteroatoms. The van der Waals surface area contributed by atoms with Crippen LogP contribution in [-0.2, 0) is 4.74 Å². The van der Waals surface area contributed by atoms with E-state index < -0.39 is 0 Å². The highest BCUT2D eigenvalue weighted by Crippen LogP contribution is 2.31. The number of ether oxygens (including phenoxy) is 1. The van der Waals surface area contributed by atoms with E-state index in [4.69, 9.17) is 4.74 Å². The first kappa shape index (κ1) is 13.8. The number of hydrogen-bond donors (Lipinski definition) is 1. The van der Waals surface area contributed by atoms with Gasteiger partial charge in [0.2, 0.25) is 0 Å². The molecule has 2 fully saturated rings. The summed E-state index contributed by atoms with van der Waals surface area (Å²) < 4.78 is 6.58. The number of anilines is 1.